The van der Waals surface area contributed by atoms with E-state index in [1.165, 1.54) is 6.08 Å². The van der Waals surface area contributed by atoms with Crippen molar-refractivity contribution >= 4 is 17.5 Å². The summed E-state index contributed by atoms with van der Waals surface area (Å²) in [6.45, 7) is 1.74. The van der Waals surface area contributed by atoms with Gasteiger partial charge in [0.25, 0.3) is 11.8 Å². The van der Waals surface area contributed by atoms with Crippen molar-refractivity contribution in [3.8, 4) is 11.5 Å². The number of aliphatic hydroxyl groups is 1. The van der Waals surface area contributed by atoms with E-state index in [0.717, 1.165) is 16.2 Å². The van der Waals surface area contributed by atoms with Crippen LogP contribution in [0, 0.1) is 6.92 Å². The van der Waals surface area contributed by atoms with E-state index in [4.69, 9.17) is 9.84 Å². The molecule has 2 N–H and O–H groups in total. The van der Waals surface area contributed by atoms with Gasteiger partial charge in [-0.2, -0.15) is 0 Å². The number of β-amino-alcohol motifs (C(OH)–C–C–N with tert-alkyl or cyclic N) is 1. The Bertz CT molecular complexity index is 810. The Morgan fingerprint density at radius 3 is 2.20 bits per heavy atom. The van der Waals surface area contributed by atoms with Crippen LogP contribution in [0.2, 0.25) is 0 Å². The average molecular weight is 338 g/mol. The highest BCUT2D eigenvalue weighted by atomic mass is 16.5. The van der Waals surface area contributed by atoms with Crippen LogP contribution in [0.15, 0.2) is 60.3 Å². The van der Waals surface area contributed by atoms with E-state index in [1.807, 2.05) is 31.2 Å². The summed E-state index contributed by atoms with van der Waals surface area (Å²) in [4.78, 5) is 24.8. The van der Waals surface area contributed by atoms with Crippen LogP contribution in [0.4, 0.5) is 5.69 Å². The number of nitrogens with zero attached hydrogens (tertiary/aromatic N) is 1. The number of ether oxygens (including phenoxy) is 1. The second-order valence-electron chi connectivity index (χ2n) is 5.64. The molecular formula is C19H18N2O4. The molecule has 1 aliphatic rings. The van der Waals surface area contributed by atoms with E-state index < -0.39 is 11.8 Å². The van der Waals surface area contributed by atoms with Gasteiger partial charge < -0.3 is 15.2 Å². The molecule has 0 unspecified atom stereocenters. The summed E-state index contributed by atoms with van der Waals surface area (Å²) in [5, 5.41) is 11.8. The molecule has 2 aromatic carbocycles. The number of hydrogen-bond acceptors (Lipinski definition) is 5. The summed E-state index contributed by atoms with van der Waals surface area (Å²) in [5.41, 5.74) is 2.01. The smallest absolute Gasteiger partial charge is 0.277 e. The normalized spacial score (nSPS) is 13.8. The molecule has 0 aliphatic carbocycles. The van der Waals surface area contributed by atoms with Gasteiger partial charge in [-0.25, -0.2) is 0 Å². The van der Waals surface area contributed by atoms with Crippen molar-refractivity contribution in [1.82, 2.24) is 4.90 Å². The highest BCUT2D eigenvalue weighted by molar-refractivity contribution is 6.17. The third-order valence-corrected chi connectivity index (χ3v) is 3.72. The number of imide groups is 1. The van der Waals surface area contributed by atoms with Crippen LogP contribution >= 0.6 is 0 Å². The van der Waals surface area contributed by atoms with Crippen molar-refractivity contribution < 1.29 is 19.4 Å². The second-order valence-corrected chi connectivity index (χ2v) is 5.64. The van der Waals surface area contributed by atoms with Crippen LogP contribution in [0.3, 0.4) is 0 Å². The summed E-state index contributed by atoms with van der Waals surface area (Å²) in [6, 6.07) is 14.8. The minimum Gasteiger partial charge on any atom is -0.457 e. The van der Waals surface area contributed by atoms with Crippen LogP contribution in [0.25, 0.3) is 0 Å². The molecule has 0 atom stereocenters. The zero-order valence-electron chi connectivity index (χ0n) is 13.7. The van der Waals surface area contributed by atoms with Gasteiger partial charge >= 0.3 is 0 Å². The molecule has 0 saturated heterocycles. The molecule has 1 aliphatic heterocycles. The van der Waals surface area contributed by atoms with E-state index >= 15 is 0 Å². The maximum Gasteiger partial charge on any atom is 0.277 e. The first-order valence-electron chi connectivity index (χ1n) is 7.87. The standard InChI is InChI=1S/C19H18N2O4/c1-13-2-6-15(7-3-13)25-16-8-4-14(5-9-16)20-17-12-18(23)21(10-11-22)19(17)24/h2-9,12,20,22H,10-11H2,1H3. The number of nitrogens with one attached hydrogen (secondary N) is 1. The highest BCUT2D eigenvalue weighted by Crippen LogP contribution is 2.24. The van der Waals surface area contributed by atoms with Gasteiger partial charge in [-0.05, 0) is 43.3 Å². The SMILES string of the molecule is Cc1ccc(Oc2ccc(NC3=CC(=O)N(CCO)C3=O)cc2)cc1. The molecule has 3 rings (SSSR count). The molecule has 6 nitrogen and oxygen atoms in total. The maximum absolute atomic E-state index is 12.1. The lowest BCUT2D eigenvalue weighted by Gasteiger charge is -2.13. The topological polar surface area (TPSA) is 78.9 Å². The van der Waals surface area contributed by atoms with Crippen molar-refractivity contribution in [3.05, 3.63) is 65.9 Å². The summed E-state index contributed by atoms with van der Waals surface area (Å²) in [5.74, 6) is 0.532. The van der Waals surface area contributed by atoms with Gasteiger partial charge in [0.05, 0.1) is 13.2 Å². The Morgan fingerprint density at radius 1 is 1.00 bits per heavy atom. The van der Waals surface area contributed by atoms with Gasteiger partial charge in [0.15, 0.2) is 0 Å². The largest absolute Gasteiger partial charge is 0.457 e. The number of anilines is 1. The minimum absolute atomic E-state index is 0.0112. The van der Waals surface area contributed by atoms with E-state index in [2.05, 4.69) is 5.32 Å². The van der Waals surface area contributed by atoms with E-state index in [1.54, 1.807) is 24.3 Å². The molecule has 2 amide bonds. The first kappa shape index (κ1) is 16.7. The number of aryl methyl sites for hydroxylation is 1. The predicted molar refractivity (Wildman–Crippen MR) is 93.2 cm³/mol. The van der Waals surface area contributed by atoms with Crippen molar-refractivity contribution in [3.63, 3.8) is 0 Å². The molecule has 1 heterocycles. The zero-order chi connectivity index (χ0) is 17.8. The minimum atomic E-state index is -0.445. The number of rotatable bonds is 6. The lowest BCUT2D eigenvalue weighted by atomic mass is 10.2. The Hall–Kier alpha value is -3.12. The summed E-state index contributed by atoms with van der Waals surface area (Å²) < 4.78 is 5.75. The quantitative estimate of drug-likeness (QED) is 0.791. The van der Waals surface area contributed by atoms with Crippen molar-refractivity contribution in [2.75, 3.05) is 18.5 Å². The Morgan fingerprint density at radius 2 is 1.60 bits per heavy atom. The summed E-state index contributed by atoms with van der Waals surface area (Å²) >= 11 is 0. The lowest BCUT2D eigenvalue weighted by Crippen LogP contribution is -2.34. The molecule has 25 heavy (non-hydrogen) atoms. The van der Waals surface area contributed by atoms with E-state index in [-0.39, 0.29) is 18.8 Å². The van der Waals surface area contributed by atoms with Crippen LogP contribution in [-0.2, 0) is 9.59 Å². The third kappa shape index (κ3) is 3.87. The Labute approximate surface area is 145 Å². The second kappa shape index (κ2) is 7.19. The number of aliphatic hydroxyl groups excluding tert-OH is 1. The Balaban J connectivity index is 1.65. The fraction of sp³-hybridized carbons (Fsp3) is 0.158. The number of benzene rings is 2. The third-order valence-electron chi connectivity index (χ3n) is 3.72. The Kier molecular flexibility index (Phi) is 4.81. The van der Waals surface area contributed by atoms with Crippen molar-refractivity contribution in [2.45, 2.75) is 6.92 Å². The maximum atomic E-state index is 12.1. The number of carbonyl (C=O) groups excluding carboxylic acids is 2. The van der Waals surface area contributed by atoms with E-state index in [9.17, 15) is 9.59 Å². The summed E-state index contributed by atoms with van der Waals surface area (Å²) in [7, 11) is 0. The molecule has 0 aromatic heterocycles. The summed E-state index contributed by atoms with van der Waals surface area (Å²) in [6.07, 6.45) is 1.23. The van der Waals surface area contributed by atoms with Gasteiger partial charge in [0, 0.05) is 11.8 Å². The number of amides is 2. The van der Waals surface area contributed by atoms with Gasteiger partial charge in [-0.1, -0.05) is 17.7 Å². The van der Waals surface area contributed by atoms with E-state index in [0.29, 0.717) is 11.4 Å². The van der Waals surface area contributed by atoms with Crippen molar-refractivity contribution in [1.29, 1.82) is 0 Å². The van der Waals surface area contributed by atoms with Gasteiger partial charge in [-0.15, -0.1) is 0 Å². The van der Waals surface area contributed by atoms with Gasteiger partial charge in [0.2, 0.25) is 0 Å². The molecule has 0 bridgehead atoms. The number of carbonyl (C=O) groups is 2. The van der Waals surface area contributed by atoms with Crippen molar-refractivity contribution in [2.24, 2.45) is 0 Å². The first-order chi connectivity index (χ1) is 12.1. The molecule has 0 saturated carbocycles. The molecule has 6 heteroatoms. The zero-order valence-corrected chi connectivity index (χ0v) is 13.7. The molecule has 128 valence electrons. The first-order valence-corrected chi connectivity index (χ1v) is 7.87. The average Bonchev–Trinajstić information content (AvgIpc) is 2.86. The van der Waals surface area contributed by atoms with Crippen LogP contribution in [-0.4, -0.2) is 35.0 Å². The van der Waals surface area contributed by atoms with Crippen LogP contribution < -0.4 is 10.1 Å². The molecule has 0 radical (unpaired) electrons. The van der Waals surface area contributed by atoms with Gasteiger partial charge in [0.1, 0.15) is 17.2 Å². The van der Waals surface area contributed by atoms with Crippen LogP contribution in [0.5, 0.6) is 11.5 Å². The predicted octanol–water partition coefficient (Wildman–Crippen LogP) is 2.44. The monoisotopic (exact) mass is 338 g/mol. The van der Waals surface area contributed by atoms with Gasteiger partial charge in [-0.3, -0.25) is 14.5 Å². The molecule has 0 fully saturated rings. The fourth-order valence-corrected chi connectivity index (χ4v) is 2.41. The number of hydrogen-bond donors (Lipinski definition) is 2. The fourth-order valence-electron chi connectivity index (χ4n) is 2.41. The molecular weight excluding hydrogens is 320 g/mol. The molecule has 2 aromatic rings. The van der Waals surface area contributed by atoms with Crippen LogP contribution in [0.1, 0.15) is 5.56 Å². The highest BCUT2D eigenvalue weighted by Gasteiger charge is 2.30. The lowest BCUT2D eigenvalue weighted by molar-refractivity contribution is -0.137. The molecule has 0 spiro atoms.